The van der Waals surface area contributed by atoms with Gasteiger partial charge in [-0.15, -0.1) is 0 Å². The summed E-state index contributed by atoms with van der Waals surface area (Å²) < 4.78 is 0. The van der Waals surface area contributed by atoms with Gasteiger partial charge in [0.05, 0.1) is 11.0 Å². The molecule has 0 aromatic carbocycles. The summed E-state index contributed by atoms with van der Waals surface area (Å²) in [5, 5.41) is 2.85. The quantitative estimate of drug-likeness (QED) is 0.663. The Hall–Kier alpha value is -0.640. The van der Waals surface area contributed by atoms with Crippen molar-refractivity contribution in [2.24, 2.45) is 11.7 Å². The van der Waals surface area contributed by atoms with Crippen molar-refractivity contribution in [3.63, 3.8) is 0 Å². The van der Waals surface area contributed by atoms with Crippen LogP contribution in [0.3, 0.4) is 0 Å². The van der Waals surface area contributed by atoms with E-state index in [-0.39, 0.29) is 17.9 Å². The van der Waals surface area contributed by atoms with Crippen molar-refractivity contribution in [3.8, 4) is 0 Å². The third-order valence-electron chi connectivity index (χ3n) is 2.05. The predicted molar refractivity (Wildman–Crippen MR) is 63.1 cm³/mol. The highest BCUT2D eigenvalue weighted by Crippen LogP contribution is 2.03. The minimum Gasteiger partial charge on any atom is -0.392 e. The van der Waals surface area contributed by atoms with Crippen molar-refractivity contribution < 1.29 is 4.79 Å². The summed E-state index contributed by atoms with van der Waals surface area (Å²) in [5.74, 6) is 0.288. The largest absolute Gasteiger partial charge is 0.392 e. The van der Waals surface area contributed by atoms with E-state index in [0.717, 1.165) is 12.8 Å². The molecule has 0 fully saturated rings. The molecular formula is C10H20N2OS. The fraction of sp³-hybridized carbons (Fsp3) is 0.800. The van der Waals surface area contributed by atoms with Crippen LogP contribution in [-0.4, -0.2) is 16.9 Å². The Balaban J connectivity index is 4.04. The van der Waals surface area contributed by atoms with Crippen molar-refractivity contribution >= 4 is 23.1 Å². The number of unbranched alkanes of at least 4 members (excludes halogenated alkanes) is 1. The van der Waals surface area contributed by atoms with Gasteiger partial charge in [0.15, 0.2) is 0 Å². The molecule has 0 spiro atoms. The lowest BCUT2D eigenvalue weighted by Gasteiger charge is -2.20. The van der Waals surface area contributed by atoms with E-state index in [1.165, 1.54) is 0 Å². The molecule has 4 heteroatoms. The van der Waals surface area contributed by atoms with Crippen molar-refractivity contribution in [3.05, 3.63) is 0 Å². The normalized spacial score (nSPS) is 12.6. The summed E-state index contributed by atoms with van der Waals surface area (Å²) in [6.45, 7) is 6.04. The number of carbonyl (C=O) groups excluding carboxylic acids is 1. The van der Waals surface area contributed by atoms with Crippen LogP contribution in [0, 0.1) is 5.92 Å². The Morgan fingerprint density at radius 3 is 2.43 bits per heavy atom. The monoisotopic (exact) mass is 216 g/mol. The molecule has 0 aliphatic carbocycles. The van der Waals surface area contributed by atoms with Crippen molar-refractivity contribution in [2.75, 3.05) is 0 Å². The van der Waals surface area contributed by atoms with Crippen LogP contribution in [0.5, 0.6) is 0 Å². The first-order valence-corrected chi connectivity index (χ1v) is 5.48. The van der Waals surface area contributed by atoms with E-state index in [1.54, 1.807) is 0 Å². The van der Waals surface area contributed by atoms with Gasteiger partial charge in [-0.3, -0.25) is 4.79 Å². The zero-order valence-corrected chi connectivity index (χ0v) is 9.99. The fourth-order valence-corrected chi connectivity index (χ4v) is 1.48. The highest BCUT2D eigenvalue weighted by atomic mass is 32.1. The molecule has 0 saturated carbocycles. The maximum Gasteiger partial charge on any atom is 0.220 e. The molecule has 3 nitrogen and oxygen atoms in total. The smallest absolute Gasteiger partial charge is 0.220 e. The van der Waals surface area contributed by atoms with Gasteiger partial charge in [0.1, 0.15) is 0 Å². The van der Waals surface area contributed by atoms with Crippen LogP contribution in [0.2, 0.25) is 0 Å². The van der Waals surface area contributed by atoms with E-state index in [0.29, 0.717) is 11.4 Å². The maximum absolute atomic E-state index is 11.4. The molecule has 14 heavy (non-hydrogen) atoms. The number of nitrogens with two attached hydrogens (primary N) is 1. The number of hydrogen-bond donors (Lipinski definition) is 2. The van der Waals surface area contributed by atoms with E-state index in [4.69, 9.17) is 18.0 Å². The van der Waals surface area contributed by atoms with Crippen LogP contribution < -0.4 is 11.1 Å². The zero-order chi connectivity index (χ0) is 11.1. The summed E-state index contributed by atoms with van der Waals surface area (Å²) in [6, 6.07) is -0.172. The molecule has 0 saturated heterocycles. The average Bonchev–Trinajstić information content (AvgIpc) is 2.09. The number of rotatable bonds is 6. The van der Waals surface area contributed by atoms with E-state index < -0.39 is 0 Å². The van der Waals surface area contributed by atoms with Gasteiger partial charge in [0, 0.05) is 6.42 Å². The second-order valence-corrected chi connectivity index (χ2v) is 4.27. The Bertz CT molecular complexity index is 204. The van der Waals surface area contributed by atoms with E-state index >= 15 is 0 Å². The first kappa shape index (κ1) is 13.4. The summed E-state index contributed by atoms with van der Waals surface area (Å²) in [7, 11) is 0. The van der Waals surface area contributed by atoms with E-state index in [1.807, 2.05) is 13.8 Å². The van der Waals surface area contributed by atoms with Crippen molar-refractivity contribution in [1.82, 2.24) is 5.32 Å². The van der Waals surface area contributed by atoms with Gasteiger partial charge in [-0.1, -0.05) is 39.4 Å². The van der Waals surface area contributed by atoms with Gasteiger partial charge < -0.3 is 11.1 Å². The number of carbonyl (C=O) groups is 1. The number of thiocarbonyl (C=S) groups is 1. The van der Waals surface area contributed by atoms with Gasteiger partial charge in [-0.25, -0.2) is 0 Å². The topological polar surface area (TPSA) is 55.1 Å². The summed E-state index contributed by atoms with van der Waals surface area (Å²) in [4.78, 5) is 11.8. The molecule has 0 bridgehead atoms. The molecule has 0 aliphatic rings. The fourth-order valence-electron chi connectivity index (χ4n) is 1.15. The SMILES string of the molecule is CCCCC(=O)NC(C(N)=S)C(C)C. The van der Waals surface area contributed by atoms with Crippen LogP contribution >= 0.6 is 12.2 Å². The minimum absolute atomic E-state index is 0.0401. The Labute approximate surface area is 91.4 Å². The first-order chi connectivity index (χ1) is 6.49. The second kappa shape index (κ2) is 6.76. The average molecular weight is 216 g/mol. The molecule has 82 valence electrons. The molecule has 0 heterocycles. The molecule has 0 aromatic rings. The minimum atomic E-state index is -0.172. The molecule has 3 N–H and O–H groups in total. The van der Waals surface area contributed by atoms with Crippen molar-refractivity contribution in [2.45, 2.75) is 46.1 Å². The number of nitrogens with one attached hydrogen (secondary N) is 1. The third-order valence-corrected chi connectivity index (χ3v) is 2.30. The van der Waals surface area contributed by atoms with Gasteiger partial charge in [-0.2, -0.15) is 0 Å². The van der Waals surface area contributed by atoms with Crippen molar-refractivity contribution in [1.29, 1.82) is 0 Å². The lowest BCUT2D eigenvalue weighted by molar-refractivity contribution is -0.121. The highest BCUT2D eigenvalue weighted by molar-refractivity contribution is 7.80. The number of amides is 1. The number of hydrogen-bond acceptors (Lipinski definition) is 2. The molecular weight excluding hydrogens is 196 g/mol. The van der Waals surface area contributed by atoms with E-state index in [9.17, 15) is 4.79 Å². The maximum atomic E-state index is 11.4. The van der Waals surface area contributed by atoms with Gasteiger partial charge in [0.25, 0.3) is 0 Å². The van der Waals surface area contributed by atoms with Crippen LogP contribution in [0.25, 0.3) is 0 Å². The van der Waals surface area contributed by atoms with E-state index in [2.05, 4.69) is 12.2 Å². The zero-order valence-electron chi connectivity index (χ0n) is 9.17. The summed E-state index contributed by atoms with van der Waals surface area (Å²) in [5.41, 5.74) is 5.53. The lowest BCUT2D eigenvalue weighted by Crippen LogP contribution is -2.46. The van der Waals surface area contributed by atoms with Crippen LogP contribution in [0.4, 0.5) is 0 Å². The van der Waals surface area contributed by atoms with Gasteiger partial charge >= 0.3 is 0 Å². The Kier molecular flexibility index (Phi) is 6.45. The molecule has 1 amide bonds. The van der Waals surface area contributed by atoms with Gasteiger partial charge in [-0.05, 0) is 12.3 Å². The highest BCUT2D eigenvalue weighted by Gasteiger charge is 2.17. The first-order valence-electron chi connectivity index (χ1n) is 5.07. The summed E-state index contributed by atoms with van der Waals surface area (Å²) in [6.07, 6.45) is 2.49. The molecule has 0 aliphatic heterocycles. The van der Waals surface area contributed by atoms with Crippen LogP contribution in [0.15, 0.2) is 0 Å². The Morgan fingerprint density at radius 1 is 1.50 bits per heavy atom. The van der Waals surface area contributed by atoms with Gasteiger partial charge in [0.2, 0.25) is 5.91 Å². The second-order valence-electron chi connectivity index (χ2n) is 3.80. The Morgan fingerprint density at radius 2 is 2.07 bits per heavy atom. The van der Waals surface area contributed by atoms with Crippen LogP contribution in [0.1, 0.15) is 40.0 Å². The molecule has 0 aromatic heterocycles. The third kappa shape index (κ3) is 5.17. The molecule has 0 rings (SSSR count). The molecule has 1 unspecified atom stereocenters. The molecule has 1 atom stereocenters. The molecule has 0 radical (unpaired) electrons. The predicted octanol–water partition coefficient (Wildman–Crippen LogP) is 1.60. The summed E-state index contributed by atoms with van der Waals surface area (Å²) >= 11 is 4.89. The standard InChI is InChI=1S/C10H20N2OS/c1-4-5-6-8(13)12-9(7(2)3)10(11)14/h7,9H,4-6H2,1-3H3,(H2,11,14)(H,12,13). The lowest BCUT2D eigenvalue weighted by atomic mass is 10.0. The van der Waals surface area contributed by atoms with Crippen LogP contribution in [-0.2, 0) is 4.79 Å².